The molecule has 1 aliphatic rings. The first-order chi connectivity index (χ1) is 15.5. The molecule has 2 heterocycles. The van der Waals surface area contributed by atoms with E-state index in [1.54, 1.807) is 30.3 Å². The number of hydrogen-bond acceptors (Lipinski definition) is 5. The smallest absolute Gasteiger partial charge is 0.336 e. The first-order valence-electron chi connectivity index (χ1n) is 10.1. The molecule has 8 nitrogen and oxygen atoms in total. The number of hydrazone groups is 1. The van der Waals surface area contributed by atoms with Crippen molar-refractivity contribution in [3.05, 3.63) is 83.6 Å². The molecular weight excluding hydrogens is 410 g/mol. The van der Waals surface area contributed by atoms with Crippen LogP contribution in [0.3, 0.4) is 0 Å². The lowest BCUT2D eigenvalue weighted by Gasteiger charge is -2.15. The van der Waals surface area contributed by atoms with Gasteiger partial charge in [-0.3, -0.25) is 9.59 Å². The molecule has 1 aromatic heterocycles. The SMILES string of the molecule is O=C(CN1CC(c2ccccc2)CC1=O)N/N=C/c1ccc(-c2ccccc2C(=O)O)o1. The van der Waals surface area contributed by atoms with E-state index in [2.05, 4.69) is 10.5 Å². The Morgan fingerprint density at radius 3 is 2.62 bits per heavy atom. The zero-order valence-electron chi connectivity index (χ0n) is 17.1. The van der Waals surface area contributed by atoms with Crippen molar-refractivity contribution in [2.45, 2.75) is 12.3 Å². The molecule has 1 unspecified atom stereocenters. The molecule has 0 spiro atoms. The van der Waals surface area contributed by atoms with Gasteiger partial charge in [0, 0.05) is 24.4 Å². The molecule has 8 heteroatoms. The van der Waals surface area contributed by atoms with Crippen LogP contribution in [0.2, 0.25) is 0 Å². The Kier molecular flexibility index (Phi) is 6.12. The van der Waals surface area contributed by atoms with Crippen LogP contribution in [0.1, 0.15) is 34.0 Å². The first-order valence-corrected chi connectivity index (χ1v) is 10.1. The molecule has 4 rings (SSSR count). The Hall–Kier alpha value is -4.20. The van der Waals surface area contributed by atoms with Gasteiger partial charge >= 0.3 is 5.97 Å². The molecule has 0 saturated carbocycles. The van der Waals surface area contributed by atoms with Crippen molar-refractivity contribution in [1.29, 1.82) is 0 Å². The van der Waals surface area contributed by atoms with E-state index in [-0.39, 0.29) is 23.9 Å². The van der Waals surface area contributed by atoms with Crippen LogP contribution >= 0.6 is 0 Å². The molecule has 1 fully saturated rings. The third kappa shape index (κ3) is 4.75. The number of rotatable bonds is 7. The minimum absolute atomic E-state index is 0.0641. The summed E-state index contributed by atoms with van der Waals surface area (Å²) in [4.78, 5) is 37.4. The van der Waals surface area contributed by atoms with Crippen LogP contribution in [-0.2, 0) is 9.59 Å². The minimum atomic E-state index is -1.05. The zero-order chi connectivity index (χ0) is 22.5. The Balaban J connectivity index is 1.33. The van der Waals surface area contributed by atoms with Crippen LogP contribution in [0, 0.1) is 0 Å². The maximum Gasteiger partial charge on any atom is 0.336 e. The van der Waals surface area contributed by atoms with Crippen molar-refractivity contribution in [3.63, 3.8) is 0 Å². The summed E-state index contributed by atoms with van der Waals surface area (Å²) in [6, 6.07) is 19.5. The summed E-state index contributed by atoms with van der Waals surface area (Å²) in [6.07, 6.45) is 1.71. The van der Waals surface area contributed by atoms with E-state index in [1.807, 2.05) is 30.3 Å². The highest BCUT2D eigenvalue weighted by molar-refractivity contribution is 5.95. The summed E-state index contributed by atoms with van der Waals surface area (Å²) in [6.45, 7) is 0.416. The van der Waals surface area contributed by atoms with Gasteiger partial charge < -0.3 is 14.4 Å². The number of amides is 2. The number of carboxylic acid groups (broad SMARTS) is 1. The number of nitrogens with one attached hydrogen (secondary N) is 1. The maximum atomic E-state index is 12.3. The summed E-state index contributed by atoms with van der Waals surface area (Å²) in [5.41, 5.74) is 4.05. The quantitative estimate of drug-likeness (QED) is 0.441. The van der Waals surface area contributed by atoms with E-state index in [4.69, 9.17) is 4.42 Å². The topological polar surface area (TPSA) is 112 Å². The summed E-state index contributed by atoms with van der Waals surface area (Å²) < 4.78 is 5.63. The van der Waals surface area contributed by atoms with Crippen LogP contribution in [0.15, 0.2) is 76.2 Å². The van der Waals surface area contributed by atoms with E-state index >= 15 is 0 Å². The molecule has 32 heavy (non-hydrogen) atoms. The van der Waals surface area contributed by atoms with Crippen LogP contribution in [0.5, 0.6) is 0 Å². The van der Waals surface area contributed by atoms with E-state index in [1.165, 1.54) is 17.2 Å². The van der Waals surface area contributed by atoms with Gasteiger partial charge in [0.05, 0.1) is 11.8 Å². The minimum Gasteiger partial charge on any atom is -0.478 e. The van der Waals surface area contributed by atoms with Gasteiger partial charge in [-0.2, -0.15) is 5.10 Å². The molecule has 0 aliphatic carbocycles. The van der Waals surface area contributed by atoms with Crippen molar-refractivity contribution in [2.24, 2.45) is 5.10 Å². The Bertz CT molecular complexity index is 1170. The normalized spacial score (nSPS) is 15.9. The number of carbonyl (C=O) groups excluding carboxylic acids is 2. The number of furan rings is 1. The second-order valence-corrected chi connectivity index (χ2v) is 7.43. The van der Waals surface area contributed by atoms with Gasteiger partial charge in [0.25, 0.3) is 5.91 Å². The number of carboxylic acids is 1. The molecule has 0 radical (unpaired) electrons. The lowest BCUT2D eigenvalue weighted by Crippen LogP contribution is -2.36. The highest BCUT2D eigenvalue weighted by Gasteiger charge is 2.31. The lowest BCUT2D eigenvalue weighted by atomic mass is 9.99. The average Bonchev–Trinajstić information content (AvgIpc) is 3.41. The predicted molar refractivity (Wildman–Crippen MR) is 117 cm³/mol. The largest absolute Gasteiger partial charge is 0.478 e. The van der Waals surface area contributed by atoms with Gasteiger partial charge in [-0.15, -0.1) is 0 Å². The van der Waals surface area contributed by atoms with Gasteiger partial charge in [0.1, 0.15) is 18.1 Å². The van der Waals surface area contributed by atoms with Gasteiger partial charge in [-0.25, -0.2) is 10.2 Å². The monoisotopic (exact) mass is 431 g/mol. The fourth-order valence-electron chi connectivity index (χ4n) is 3.70. The van der Waals surface area contributed by atoms with Crippen LogP contribution in [0.25, 0.3) is 11.3 Å². The maximum absolute atomic E-state index is 12.3. The molecule has 2 amide bonds. The fourth-order valence-corrected chi connectivity index (χ4v) is 3.70. The number of benzene rings is 2. The van der Waals surface area contributed by atoms with E-state index in [0.29, 0.717) is 30.0 Å². The van der Waals surface area contributed by atoms with Crippen LogP contribution in [-0.4, -0.2) is 47.1 Å². The molecule has 0 bridgehead atoms. The first kappa shape index (κ1) is 21.0. The third-order valence-corrected chi connectivity index (χ3v) is 5.25. The van der Waals surface area contributed by atoms with E-state index in [0.717, 1.165) is 5.56 Å². The summed E-state index contributed by atoms with van der Waals surface area (Å²) in [7, 11) is 0. The average molecular weight is 431 g/mol. The molecule has 1 aliphatic heterocycles. The second kappa shape index (κ2) is 9.30. The number of aromatic carboxylic acids is 1. The Morgan fingerprint density at radius 1 is 1.09 bits per heavy atom. The van der Waals surface area contributed by atoms with Crippen molar-refractivity contribution in [2.75, 3.05) is 13.1 Å². The van der Waals surface area contributed by atoms with Crippen molar-refractivity contribution >= 4 is 24.0 Å². The predicted octanol–water partition coefficient (Wildman–Crippen LogP) is 3.11. The number of likely N-dealkylation sites (tertiary alicyclic amines) is 1. The van der Waals surface area contributed by atoms with E-state index in [9.17, 15) is 19.5 Å². The van der Waals surface area contributed by atoms with Crippen LogP contribution < -0.4 is 5.43 Å². The van der Waals surface area contributed by atoms with Crippen molar-refractivity contribution in [1.82, 2.24) is 10.3 Å². The summed E-state index contributed by atoms with van der Waals surface area (Å²) in [5.74, 6) is -0.718. The molecule has 1 atom stereocenters. The van der Waals surface area contributed by atoms with Gasteiger partial charge in [-0.05, 0) is 23.8 Å². The highest BCUT2D eigenvalue weighted by Crippen LogP contribution is 2.28. The molecular formula is C24H21N3O5. The van der Waals surface area contributed by atoms with E-state index < -0.39 is 11.9 Å². The lowest BCUT2D eigenvalue weighted by molar-refractivity contribution is -0.133. The molecule has 3 aromatic rings. The Morgan fingerprint density at radius 2 is 1.84 bits per heavy atom. The number of nitrogens with zero attached hydrogens (tertiary/aromatic N) is 2. The molecule has 162 valence electrons. The van der Waals surface area contributed by atoms with Gasteiger partial charge in [-0.1, -0.05) is 48.5 Å². The number of carbonyl (C=O) groups is 3. The third-order valence-electron chi connectivity index (χ3n) is 5.25. The molecule has 1 saturated heterocycles. The van der Waals surface area contributed by atoms with Gasteiger partial charge in [0.15, 0.2) is 0 Å². The molecule has 2 aromatic carbocycles. The zero-order valence-corrected chi connectivity index (χ0v) is 17.1. The summed E-state index contributed by atoms with van der Waals surface area (Å²) >= 11 is 0. The number of hydrogen-bond donors (Lipinski definition) is 2. The second-order valence-electron chi connectivity index (χ2n) is 7.43. The van der Waals surface area contributed by atoms with Gasteiger partial charge in [0.2, 0.25) is 5.91 Å². The summed E-state index contributed by atoms with van der Waals surface area (Å²) in [5, 5.41) is 13.2. The molecule has 2 N–H and O–H groups in total. The van der Waals surface area contributed by atoms with Crippen molar-refractivity contribution < 1.29 is 23.9 Å². The fraction of sp³-hybridized carbons (Fsp3) is 0.167. The standard InChI is InChI=1S/C24H21N3O5/c28-22(15-27-14-17(12-23(27)29)16-6-2-1-3-7-16)26-25-13-18-10-11-21(32-18)19-8-4-5-9-20(19)24(30)31/h1-11,13,17H,12,14-15H2,(H,26,28)(H,30,31)/b25-13+. The van der Waals surface area contributed by atoms with Crippen molar-refractivity contribution in [3.8, 4) is 11.3 Å². The Labute approximate surface area is 184 Å². The highest BCUT2D eigenvalue weighted by atomic mass is 16.4. The van der Waals surface area contributed by atoms with Crippen LogP contribution in [0.4, 0.5) is 0 Å².